The van der Waals surface area contributed by atoms with Crippen LogP contribution in [-0.2, 0) is 4.79 Å². The lowest BCUT2D eigenvalue weighted by atomic mass is 10.1. The summed E-state index contributed by atoms with van der Waals surface area (Å²) in [7, 11) is 1.60. The fourth-order valence-electron chi connectivity index (χ4n) is 1.64. The summed E-state index contributed by atoms with van der Waals surface area (Å²) in [5.74, 6) is -0.683. The summed E-state index contributed by atoms with van der Waals surface area (Å²) in [5.41, 5.74) is 0.625. The molecule has 0 fully saturated rings. The molecular weight excluding hydrogens is 210 g/mol. The molecule has 1 aromatic carbocycles. The van der Waals surface area contributed by atoms with Crippen molar-refractivity contribution in [1.29, 1.82) is 0 Å². The quantitative estimate of drug-likeness (QED) is 0.771. The lowest BCUT2D eigenvalue weighted by Crippen LogP contribution is -2.42. The molecule has 1 heterocycles. The van der Waals surface area contributed by atoms with Crippen LogP contribution in [0.25, 0.3) is 0 Å². The van der Waals surface area contributed by atoms with Crippen LogP contribution in [0.5, 0.6) is 5.75 Å². The normalized spacial score (nSPS) is 19.0. The van der Waals surface area contributed by atoms with Crippen molar-refractivity contribution >= 4 is 17.6 Å². The summed E-state index contributed by atoms with van der Waals surface area (Å²) < 4.78 is 5.37. The van der Waals surface area contributed by atoms with Crippen molar-refractivity contribution < 1.29 is 19.4 Å². The van der Waals surface area contributed by atoms with E-state index in [0.29, 0.717) is 11.4 Å². The highest BCUT2D eigenvalue weighted by Crippen LogP contribution is 2.33. The molecule has 5 nitrogen and oxygen atoms in total. The molecule has 1 N–H and O–H groups in total. The van der Waals surface area contributed by atoms with Crippen LogP contribution in [0.4, 0.5) is 5.69 Å². The number of hydrogen-bond acceptors (Lipinski definition) is 3. The van der Waals surface area contributed by atoms with Gasteiger partial charge in [-0.15, -0.1) is 0 Å². The Bertz CT molecular complexity index is 469. The lowest BCUT2D eigenvalue weighted by molar-refractivity contribution is -0.125. The average molecular weight is 221 g/mol. The standard InChI is InChI=1S/C11H11NO4/c1-6-10(13)12(2)8-5-7(11(14)15)3-4-9(8)16-6/h3-6H,1-2H3,(H,14,15). The van der Waals surface area contributed by atoms with E-state index >= 15 is 0 Å². The predicted octanol–water partition coefficient (Wildman–Crippen LogP) is 1.13. The number of carbonyl (C=O) groups is 2. The summed E-state index contributed by atoms with van der Waals surface area (Å²) in [6.45, 7) is 1.66. The molecule has 5 heteroatoms. The Morgan fingerprint density at radius 3 is 2.81 bits per heavy atom. The first-order valence-electron chi connectivity index (χ1n) is 4.82. The SMILES string of the molecule is CC1Oc2ccc(C(=O)O)cc2N(C)C1=O. The van der Waals surface area contributed by atoms with E-state index in [1.165, 1.54) is 17.0 Å². The van der Waals surface area contributed by atoms with Crippen molar-refractivity contribution in [3.63, 3.8) is 0 Å². The second-order valence-corrected chi connectivity index (χ2v) is 3.64. The molecule has 16 heavy (non-hydrogen) atoms. The van der Waals surface area contributed by atoms with Gasteiger partial charge in [0.2, 0.25) is 0 Å². The Morgan fingerprint density at radius 2 is 2.19 bits per heavy atom. The Hall–Kier alpha value is -2.04. The number of ether oxygens (including phenoxy) is 1. The predicted molar refractivity (Wildman–Crippen MR) is 56.9 cm³/mol. The summed E-state index contributed by atoms with van der Waals surface area (Å²) >= 11 is 0. The van der Waals surface area contributed by atoms with Crippen molar-refractivity contribution in [2.75, 3.05) is 11.9 Å². The zero-order valence-electron chi connectivity index (χ0n) is 8.93. The number of rotatable bonds is 1. The molecule has 1 amide bonds. The van der Waals surface area contributed by atoms with Gasteiger partial charge in [0.1, 0.15) is 5.75 Å². The second-order valence-electron chi connectivity index (χ2n) is 3.64. The van der Waals surface area contributed by atoms with Gasteiger partial charge >= 0.3 is 5.97 Å². The van der Waals surface area contributed by atoms with Crippen molar-refractivity contribution in [1.82, 2.24) is 0 Å². The van der Waals surface area contributed by atoms with Crippen LogP contribution in [-0.4, -0.2) is 30.1 Å². The Balaban J connectivity index is 2.50. The van der Waals surface area contributed by atoms with Gasteiger partial charge in [-0.3, -0.25) is 4.79 Å². The van der Waals surface area contributed by atoms with Crippen molar-refractivity contribution in [3.8, 4) is 5.75 Å². The number of aromatic carboxylic acids is 1. The van der Waals surface area contributed by atoms with E-state index in [9.17, 15) is 9.59 Å². The summed E-state index contributed by atoms with van der Waals surface area (Å²) in [5, 5.41) is 8.85. The van der Waals surface area contributed by atoms with Gasteiger partial charge in [0.25, 0.3) is 5.91 Å². The number of anilines is 1. The highest BCUT2D eigenvalue weighted by Gasteiger charge is 2.29. The third kappa shape index (κ3) is 1.50. The monoisotopic (exact) mass is 221 g/mol. The third-order valence-electron chi connectivity index (χ3n) is 2.55. The van der Waals surface area contributed by atoms with Gasteiger partial charge in [-0.25, -0.2) is 4.79 Å². The fourth-order valence-corrected chi connectivity index (χ4v) is 1.64. The minimum absolute atomic E-state index is 0.136. The molecule has 1 aliphatic rings. The second kappa shape index (κ2) is 3.52. The molecule has 0 radical (unpaired) electrons. The van der Waals surface area contributed by atoms with Gasteiger partial charge in [-0.2, -0.15) is 0 Å². The largest absolute Gasteiger partial charge is 0.479 e. The van der Waals surface area contributed by atoms with E-state index in [1.54, 1.807) is 20.0 Å². The van der Waals surface area contributed by atoms with Gasteiger partial charge in [0.05, 0.1) is 11.3 Å². The maximum Gasteiger partial charge on any atom is 0.335 e. The first-order valence-corrected chi connectivity index (χ1v) is 4.82. The van der Waals surface area contributed by atoms with Crippen LogP contribution in [0.2, 0.25) is 0 Å². The summed E-state index contributed by atoms with van der Waals surface area (Å²) in [6, 6.07) is 4.46. The number of likely N-dealkylation sites (N-methyl/N-ethyl adjacent to an activating group) is 1. The number of fused-ring (bicyclic) bond motifs is 1. The highest BCUT2D eigenvalue weighted by molar-refractivity contribution is 6.00. The minimum Gasteiger partial charge on any atom is -0.479 e. The molecule has 84 valence electrons. The van der Waals surface area contributed by atoms with Crippen LogP contribution in [0, 0.1) is 0 Å². The van der Waals surface area contributed by atoms with E-state index in [2.05, 4.69) is 0 Å². The molecule has 0 bridgehead atoms. The molecular formula is C11H11NO4. The number of hydrogen-bond donors (Lipinski definition) is 1. The molecule has 1 aliphatic heterocycles. The average Bonchev–Trinajstić information content (AvgIpc) is 2.25. The number of carboxylic acid groups (broad SMARTS) is 1. The van der Waals surface area contributed by atoms with Crippen molar-refractivity contribution in [2.45, 2.75) is 13.0 Å². The maximum absolute atomic E-state index is 11.6. The van der Waals surface area contributed by atoms with E-state index < -0.39 is 12.1 Å². The van der Waals surface area contributed by atoms with Crippen LogP contribution in [0.1, 0.15) is 17.3 Å². The van der Waals surface area contributed by atoms with Crippen molar-refractivity contribution in [3.05, 3.63) is 23.8 Å². The van der Waals surface area contributed by atoms with Gasteiger partial charge in [0.15, 0.2) is 6.10 Å². The smallest absolute Gasteiger partial charge is 0.335 e. The Kier molecular flexibility index (Phi) is 2.30. The van der Waals surface area contributed by atoms with Crippen LogP contribution >= 0.6 is 0 Å². The first kappa shape index (κ1) is 10.5. The maximum atomic E-state index is 11.6. The zero-order chi connectivity index (χ0) is 11.9. The van der Waals surface area contributed by atoms with E-state index in [-0.39, 0.29) is 11.5 Å². The van der Waals surface area contributed by atoms with Crippen LogP contribution in [0.3, 0.4) is 0 Å². The number of carboxylic acids is 1. The van der Waals surface area contributed by atoms with E-state index in [0.717, 1.165) is 0 Å². The number of nitrogens with zero attached hydrogens (tertiary/aromatic N) is 1. The minimum atomic E-state index is -1.03. The molecule has 2 rings (SSSR count). The number of amides is 1. The number of carbonyl (C=O) groups excluding carboxylic acids is 1. The summed E-state index contributed by atoms with van der Waals surface area (Å²) in [6.07, 6.45) is -0.534. The molecule has 0 aliphatic carbocycles. The number of benzene rings is 1. The molecule has 0 saturated heterocycles. The fraction of sp³-hybridized carbons (Fsp3) is 0.273. The zero-order valence-corrected chi connectivity index (χ0v) is 8.93. The van der Waals surface area contributed by atoms with Gasteiger partial charge in [0, 0.05) is 7.05 Å². The van der Waals surface area contributed by atoms with Gasteiger partial charge < -0.3 is 14.7 Å². The topological polar surface area (TPSA) is 66.8 Å². The van der Waals surface area contributed by atoms with Crippen molar-refractivity contribution in [2.24, 2.45) is 0 Å². The van der Waals surface area contributed by atoms with Crippen LogP contribution in [0.15, 0.2) is 18.2 Å². The third-order valence-corrected chi connectivity index (χ3v) is 2.55. The van der Waals surface area contributed by atoms with E-state index in [4.69, 9.17) is 9.84 Å². The molecule has 0 spiro atoms. The Morgan fingerprint density at radius 1 is 1.50 bits per heavy atom. The molecule has 0 aromatic heterocycles. The molecule has 0 saturated carbocycles. The highest BCUT2D eigenvalue weighted by atomic mass is 16.5. The molecule has 1 atom stereocenters. The Labute approximate surface area is 92.2 Å². The first-order chi connectivity index (χ1) is 7.50. The van der Waals surface area contributed by atoms with Gasteiger partial charge in [-0.05, 0) is 25.1 Å². The van der Waals surface area contributed by atoms with Crippen LogP contribution < -0.4 is 9.64 Å². The molecule has 1 unspecified atom stereocenters. The molecule has 1 aromatic rings. The van der Waals surface area contributed by atoms with E-state index in [1.807, 2.05) is 0 Å². The summed E-state index contributed by atoms with van der Waals surface area (Å²) in [4.78, 5) is 23.8. The van der Waals surface area contributed by atoms with Gasteiger partial charge in [-0.1, -0.05) is 0 Å². The lowest BCUT2D eigenvalue weighted by Gasteiger charge is -2.30.